The van der Waals surface area contributed by atoms with Crippen molar-refractivity contribution in [3.05, 3.63) is 87.8 Å². The second-order valence-corrected chi connectivity index (χ2v) is 9.80. The topological polar surface area (TPSA) is 73.0 Å². The standard InChI is InChI=1S/C24H26N4O2S2/c1-16(2)23-26-27-24(28(23)14-19-6-4-12-30-19)32-15-21(29)25-22(20-7-5-13-31-20)18-10-8-17(3)9-11-18/h4-13,16,22H,14-15H2,1-3H3,(H,25,29). The third-order valence-corrected chi connectivity index (χ3v) is 6.94. The second-order valence-electron chi connectivity index (χ2n) is 7.88. The summed E-state index contributed by atoms with van der Waals surface area (Å²) in [6.45, 7) is 6.76. The SMILES string of the molecule is Cc1ccc(C(NC(=O)CSc2nnc(C(C)C)n2Cc2ccco2)c2cccs2)cc1. The molecular formula is C24H26N4O2S2. The molecule has 32 heavy (non-hydrogen) atoms. The first-order chi connectivity index (χ1) is 15.5. The number of carbonyl (C=O) groups is 1. The largest absolute Gasteiger partial charge is 0.467 e. The molecule has 0 fully saturated rings. The fourth-order valence-electron chi connectivity index (χ4n) is 3.41. The zero-order valence-corrected chi connectivity index (χ0v) is 20.0. The zero-order valence-electron chi connectivity index (χ0n) is 18.3. The number of furan rings is 1. The van der Waals surface area contributed by atoms with Gasteiger partial charge in [-0.25, -0.2) is 0 Å². The fraction of sp³-hybridized carbons (Fsp3) is 0.292. The average molecular weight is 467 g/mol. The van der Waals surface area contributed by atoms with Crippen LogP contribution in [0.5, 0.6) is 0 Å². The van der Waals surface area contributed by atoms with Crippen LogP contribution in [0.3, 0.4) is 0 Å². The zero-order chi connectivity index (χ0) is 22.5. The van der Waals surface area contributed by atoms with E-state index in [2.05, 4.69) is 66.6 Å². The molecule has 0 saturated carbocycles. The Kier molecular flexibility index (Phi) is 7.12. The molecule has 8 heteroatoms. The molecule has 4 aromatic rings. The molecule has 0 aliphatic heterocycles. The maximum absolute atomic E-state index is 12.9. The molecule has 3 heterocycles. The highest BCUT2D eigenvalue weighted by atomic mass is 32.2. The molecule has 0 bridgehead atoms. The predicted molar refractivity (Wildman–Crippen MR) is 128 cm³/mol. The Morgan fingerprint density at radius 2 is 1.97 bits per heavy atom. The lowest BCUT2D eigenvalue weighted by molar-refractivity contribution is -0.119. The van der Waals surface area contributed by atoms with E-state index in [1.165, 1.54) is 17.3 Å². The number of amides is 1. The van der Waals surface area contributed by atoms with Crippen LogP contribution in [0.4, 0.5) is 0 Å². The summed E-state index contributed by atoms with van der Waals surface area (Å²) in [5, 5.41) is 14.6. The lowest BCUT2D eigenvalue weighted by atomic mass is 10.0. The number of nitrogens with zero attached hydrogens (tertiary/aromatic N) is 3. The van der Waals surface area contributed by atoms with Gasteiger partial charge in [0.15, 0.2) is 5.16 Å². The quantitative estimate of drug-likeness (QED) is 0.334. The number of hydrogen-bond donors (Lipinski definition) is 1. The summed E-state index contributed by atoms with van der Waals surface area (Å²) in [4.78, 5) is 14.0. The Morgan fingerprint density at radius 1 is 1.16 bits per heavy atom. The number of carbonyl (C=O) groups excluding carboxylic acids is 1. The van der Waals surface area contributed by atoms with Gasteiger partial charge >= 0.3 is 0 Å². The van der Waals surface area contributed by atoms with Gasteiger partial charge in [0.2, 0.25) is 5.91 Å². The van der Waals surface area contributed by atoms with Crippen molar-refractivity contribution in [2.75, 3.05) is 5.75 Å². The number of nitrogens with one attached hydrogen (secondary N) is 1. The van der Waals surface area contributed by atoms with Crippen molar-refractivity contribution in [1.82, 2.24) is 20.1 Å². The van der Waals surface area contributed by atoms with Crippen molar-refractivity contribution in [2.45, 2.75) is 44.4 Å². The van der Waals surface area contributed by atoms with Gasteiger partial charge < -0.3 is 9.73 Å². The molecule has 1 N–H and O–H groups in total. The van der Waals surface area contributed by atoms with E-state index in [4.69, 9.17) is 4.42 Å². The Labute approximate surface area is 196 Å². The minimum Gasteiger partial charge on any atom is -0.467 e. The number of hydrogen-bond acceptors (Lipinski definition) is 6. The van der Waals surface area contributed by atoms with E-state index in [-0.39, 0.29) is 23.6 Å². The van der Waals surface area contributed by atoms with E-state index in [1.54, 1.807) is 17.6 Å². The van der Waals surface area contributed by atoms with Crippen molar-refractivity contribution in [3.8, 4) is 0 Å². The first-order valence-electron chi connectivity index (χ1n) is 10.5. The van der Waals surface area contributed by atoms with Crippen molar-refractivity contribution >= 4 is 29.0 Å². The highest BCUT2D eigenvalue weighted by Gasteiger charge is 2.21. The maximum Gasteiger partial charge on any atom is 0.231 e. The van der Waals surface area contributed by atoms with Gasteiger partial charge in [-0.1, -0.05) is 61.5 Å². The van der Waals surface area contributed by atoms with Gasteiger partial charge in [0.25, 0.3) is 0 Å². The molecule has 1 unspecified atom stereocenters. The van der Waals surface area contributed by atoms with E-state index < -0.39 is 0 Å². The number of thioether (sulfide) groups is 1. The first-order valence-corrected chi connectivity index (χ1v) is 12.4. The third kappa shape index (κ3) is 5.31. The molecule has 1 atom stereocenters. The minimum atomic E-state index is -0.170. The molecule has 0 aliphatic carbocycles. The molecule has 0 spiro atoms. The van der Waals surface area contributed by atoms with Gasteiger partial charge in [0.1, 0.15) is 11.6 Å². The van der Waals surface area contributed by atoms with Gasteiger partial charge in [-0.05, 0) is 36.1 Å². The normalized spacial score (nSPS) is 12.2. The lowest BCUT2D eigenvalue weighted by Crippen LogP contribution is -2.30. The summed E-state index contributed by atoms with van der Waals surface area (Å²) in [6, 6.07) is 16.0. The van der Waals surface area contributed by atoms with E-state index in [9.17, 15) is 4.79 Å². The molecule has 166 valence electrons. The summed E-state index contributed by atoms with van der Waals surface area (Å²) in [7, 11) is 0. The Hall–Kier alpha value is -2.84. The Balaban J connectivity index is 1.47. The average Bonchev–Trinajstić information content (AvgIpc) is 3.54. The number of aromatic nitrogens is 3. The molecule has 0 aliphatic rings. The summed E-state index contributed by atoms with van der Waals surface area (Å²) >= 11 is 3.03. The van der Waals surface area contributed by atoms with E-state index in [0.717, 1.165) is 22.0 Å². The summed E-state index contributed by atoms with van der Waals surface area (Å²) in [6.07, 6.45) is 1.66. The van der Waals surface area contributed by atoms with Gasteiger partial charge in [-0.2, -0.15) is 0 Å². The number of aryl methyl sites for hydroxylation is 1. The van der Waals surface area contributed by atoms with Crippen molar-refractivity contribution < 1.29 is 9.21 Å². The lowest BCUT2D eigenvalue weighted by Gasteiger charge is -2.18. The number of rotatable bonds is 9. The van der Waals surface area contributed by atoms with Crippen LogP contribution in [-0.4, -0.2) is 26.4 Å². The minimum absolute atomic E-state index is 0.0485. The maximum atomic E-state index is 12.9. The van der Waals surface area contributed by atoms with Crippen LogP contribution in [0.1, 0.15) is 53.4 Å². The first kappa shape index (κ1) is 22.4. The van der Waals surface area contributed by atoms with Gasteiger partial charge in [0, 0.05) is 10.8 Å². The smallest absolute Gasteiger partial charge is 0.231 e. The Bertz CT molecular complexity index is 1130. The highest BCUT2D eigenvalue weighted by molar-refractivity contribution is 7.99. The highest BCUT2D eigenvalue weighted by Crippen LogP contribution is 2.27. The van der Waals surface area contributed by atoms with Crippen molar-refractivity contribution in [3.63, 3.8) is 0 Å². The van der Waals surface area contributed by atoms with E-state index >= 15 is 0 Å². The summed E-state index contributed by atoms with van der Waals surface area (Å²) < 4.78 is 7.54. The summed E-state index contributed by atoms with van der Waals surface area (Å²) in [5.41, 5.74) is 2.26. The van der Waals surface area contributed by atoms with Gasteiger partial charge in [-0.3, -0.25) is 9.36 Å². The molecule has 6 nitrogen and oxygen atoms in total. The van der Waals surface area contributed by atoms with Crippen LogP contribution in [0.2, 0.25) is 0 Å². The van der Waals surface area contributed by atoms with Crippen LogP contribution in [-0.2, 0) is 11.3 Å². The van der Waals surface area contributed by atoms with Crippen molar-refractivity contribution in [1.29, 1.82) is 0 Å². The third-order valence-electron chi connectivity index (χ3n) is 5.03. The second kappa shape index (κ2) is 10.2. The molecule has 1 amide bonds. The number of benzene rings is 1. The molecule has 3 aromatic heterocycles. The molecule has 1 aromatic carbocycles. The van der Waals surface area contributed by atoms with Crippen molar-refractivity contribution in [2.24, 2.45) is 0 Å². The van der Waals surface area contributed by atoms with E-state index in [1.807, 2.05) is 28.1 Å². The predicted octanol–water partition coefficient (Wildman–Crippen LogP) is 5.41. The van der Waals surface area contributed by atoms with Gasteiger partial charge in [-0.15, -0.1) is 21.5 Å². The van der Waals surface area contributed by atoms with Crippen LogP contribution < -0.4 is 5.32 Å². The molecule has 0 radical (unpaired) electrons. The molecule has 4 rings (SSSR count). The van der Waals surface area contributed by atoms with Crippen LogP contribution >= 0.6 is 23.1 Å². The fourth-order valence-corrected chi connectivity index (χ4v) is 4.97. The van der Waals surface area contributed by atoms with Gasteiger partial charge in [0.05, 0.1) is 24.6 Å². The monoisotopic (exact) mass is 466 g/mol. The molecule has 0 saturated heterocycles. The van der Waals surface area contributed by atoms with Crippen LogP contribution in [0.15, 0.2) is 69.7 Å². The molecular weight excluding hydrogens is 440 g/mol. The summed E-state index contributed by atoms with van der Waals surface area (Å²) in [5.74, 6) is 2.12. The van der Waals surface area contributed by atoms with Crippen LogP contribution in [0.25, 0.3) is 0 Å². The van der Waals surface area contributed by atoms with Crippen LogP contribution in [0, 0.1) is 6.92 Å². The number of thiophene rings is 1. The van der Waals surface area contributed by atoms with E-state index in [0.29, 0.717) is 11.7 Å². The Morgan fingerprint density at radius 3 is 2.62 bits per heavy atom.